The molecular formula is C48H41N. The number of hydrogen-bond donors (Lipinski definition) is 0. The first-order valence-corrected chi connectivity index (χ1v) is 17.3. The molecule has 238 valence electrons. The van der Waals surface area contributed by atoms with Gasteiger partial charge in [-0.3, -0.25) is 0 Å². The summed E-state index contributed by atoms with van der Waals surface area (Å²) in [7, 11) is 0. The van der Waals surface area contributed by atoms with Gasteiger partial charge in [0.1, 0.15) is 0 Å². The minimum absolute atomic E-state index is 1.15. The quantitative estimate of drug-likeness (QED) is 0.167. The van der Waals surface area contributed by atoms with Crippen molar-refractivity contribution in [3.63, 3.8) is 0 Å². The second-order valence-electron chi connectivity index (χ2n) is 13.7. The van der Waals surface area contributed by atoms with Crippen molar-refractivity contribution in [1.29, 1.82) is 0 Å². The van der Waals surface area contributed by atoms with Crippen molar-refractivity contribution in [3.8, 4) is 50.5 Å². The van der Waals surface area contributed by atoms with Gasteiger partial charge in [-0.15, -0.1) is 0 Å². The molecule has 0 aliphatic carbocycles. The summed E-state index contributed by atoms with van der Waals surface area (Å²) >= 11 is 0. The highest BCUT2D eigenvalue weighted by Gasteiger charge is 2.21. The van der Waals surface area contributed by atoms with Crippen LogP contribution in [0.4, 0.5) is 0 Å². The molecule has 0 unspecified atom stereocenters. The number of aromatic nitrogens is 1. The Kier molecular flexibility index (Phi) is 7.57. The zero-order valence-corrected chi connectivity index (χ0v) is 29.2. The lowest BCUT2D eigenvalue weighted by Crippen LogP contribution is -2.01. The monoisotopic (exact) mass is 631 g/mol. The molecule has 8 rings (SSSR count). The van der Waals surface area contributed by atoms with E-state index in [1.54, 1.807) is 0 Å². The first-order valence-electron chi connectivity index (χ1n) is 17.3. The highest BCUT2D eigenvalue weighted by atomic mass is 15.0. The summed E-state index contributed by atoms with van der Waals surface area (Å²) in [6.07, 6.45) is 0. The molecule has 0 aliphatic rings. The molecule has 1 heteroatoms. The van der Waals surface area contributed by atoms with Gasteiger partial charge in [0, 0.05) is 5.69 Å². The molecule has 0 atom stereocenters. The Bertz CT molecular complexity index is 2430. The molecule has 0 N–H and O–H groups in total. The molecule has 8 aromatic rings. The Hall–Kier alpha value is -5.66. The lowest BCUT2D eigenvalue weighted by Gasteiger charge is -2.22. The highest BCUT2D eigenvalue weighted by Crippen LogP contribution is 2.46. The molecule has 0 bridgehead atoms. The number of rotatable bonds is 5. The van der Waals surface area contributed by atoms with Gasteiger partial charge in [-0.2, -0.15) is 0 Å². The second kappa shape index (κ2) is 12.1. The number of fused-ring (bicyclic) bond motifs is 2. The van der Waals surface area contributed by atoms with E-state index in [9.17, 15) is 0 Å². The predicted octanol–water partition coefficient (Wildman–Crippen LogP) is 13.3. The maximum atomic E-state index is 2.44. The van der Waals surface area contributed by atoms with Crippen molar-refractivity contribution < 1.29 is 0 Å². The summed E-state index contributed by atoms with van der Waals surface area (Å²) in [5.74, 6) is 0. The molecule has 7 aromatic carbocycles. The van der Waals surface area contributed by atoms with Crippen LogP contribution < -0.4 is 0 Å². The van der Waals surface area contributed by atoms with Crippen LogP contribution in [-0.4, -0.2) is 4.57 Å². The standard InChI is InChI=1S/C48H41N/c1-30-25-38(26-31(2)34(30)5)47-41-19-13-14-20-42(41)48(39-27-32(3)35(6)33(4)28-39)44-29-40(21-22-43(44)47)49-45(36-15-9-7-10-16-36)23-24-46(49)37-17-11-8-12-18-37/h7-29H,1-6H3. The minimum atomic E-state index is 1.15. The molecule has 0 saturated heterocycles. The summed E-state index contributed by atoms with van der Waals surface area (Å²) in [6, 6.07) is 51.7. The van der Waals surface area contributed by atoms with Gasteiger partial charge >= 0.3 is 0 Å². The first kappa shape index (κ1) is 30.7. The Morgan fingerprint density at radius 1 is 0.327 bits per heavy atom. The average molecular weight is 632 g/mol. The van der Waals surface area contributed by atoms with Gasteiger partial charge in [0.15, 0.2) is 0 Å². The smallest absolute Gasteiger partial charge is 0.0535 e. The van der Waals surface area contributed by atoms with Crippen LogP contribution >= 0.6 is 0 Å². The van der Waals surface area contributed by atoms with Crippen molar-refractivity contribution in [1.82, 2.24) is 4.57 Å². The Labute approximate surface area is 290 Å². The fourth-order valence-corrected chi connectivity index (χ4v) is 7.67. The first-order chi connectivity index (χ1) is 23.8. The second-order valence-corrected chi connectivity index (χ2v) is 13.7. The SMILES string of the molecule is Cc1cc(-c2c3ccccc3c(-c3cc(C)c(C)c(C)c3)c3cc(-n4c(-c5ccccc5)ccc4-c4ccccc4)ccc23)cc(C)c1C. The third-order valence-corrected chi connectivity index (χ3v) is 10.7. The molecule has 1 nitrogen and oxygen atoms in total. The molecule has 1 aromatic heterocycles. The maximum Gasteiger partial charge on any atom is 0.0535 e. The van der Waals surface area contributed by atoms with Crippen molar-refractivity contribution in [2.45, 2.75) is 41.5 Å². The fraction of sp³-hybridized carbons (Fsp3) is 0.125. The number of benzene rings is 7. The van der Waals surface area contributed by atoms with Gasteiger partial charge in [0.05, 0.1) is 11.4 Å². The van der Waals surface area contributed by atoms with Gasteiger partial charge in [-0.05, 0) is 154 Å². The minimum Gasteiger partial charge on any atom is -0.309 e. The molecule has 49 heavy (non-hydrogen) atoms. The van der Waals surface area contributed by atoms with Gasteiger partial charge in [0.25, 0.3) is 0 Å². The number of hydrogen-bond acceptors (Lipinski definition) is 0. The topological polar surface area (TPSA) is 4.93 Å². The molecule has 0 aliphatic heterocycles. The van der Waals surface area contributed by atoms with Gasteiger partial charge in [-0.1, -0.05) is 115 Å². The summed E-state index contributed by atoms with van der Waals surface area (Å²) < 4.78 is 2.44. The van der Waals surface area contributed by atoms with Crippen LogP contribution in [-0.2, 0) is 0 Å². The Morgan fingerprint density at radius 3 is 1.16 bits per heavy atom. The van der Waals surface area contributed by atoms with Crippen LogP contribution in [0.1, 0.15) is 33.4 Å². The molecule has 0 amide bonds. The third kappa shape index (κ3) is 5.18. The third-order valence-electron chi connectivity index (χ3n) is 10.7. The Morgan fingerprint density at radius 2 is 0.714 bits per heavy atom. The van der Waals surface area contributed by atoms with Crippen molar-refractivity contribution in [3.05, 3.63) is 173 Å². The summed E-state index contributed by atoms with van der Waals surface area (Å²) in [5.41, 5.74) is 19.0. The molecular weight excluding hydrogens is 591 g/mol. The van der Waals surface area contributed by atoms with Crippen molar-refractivity contribution >= 4 is 21.5 Å². The largest absolute Gasteiger partial charge is 0.309 e. The van der Waals surface area contributed by atoms with Crippen LogP contribution in [0.5, 0.6) is 0 Å². The van der Waals surface area contributed by atoms with Gasteiger partial charge < -0.3 is 4.57 Å². The predicted molar refractivity (Wildman–Crippen MR) is 211 cm³/mol. The van der Waals surface area contributed by atoms with E-state index in [0.29, 0.717) is 0 Å². The van der Waals surface area contributed by atoms with E-state index in [2.05, 4.69) is 186 Å². The maximum absolute atomic E-state index is 2.44. The summed E-state index contributed by atoms with van der Waals surface area (Å²) in [6.45, 7) is 13.4. The van der Waals surface area contributed by atoms with E-state index in [1.807, 2.05) is 0 Å². The van der Waals surface area contributed by atoms with E-state index in [4.69, 9.17) is 0 Å². The van der Waals surface area contributed by atoms with Gasteiger partial charge in [-0.25, -0.2) is 0 Å². The number of nitrogens with zero attached hydrogens (tertiary/aromatic N) is 1. The van der Waals surface area contributed by atoms with E-state index < -0.39 is 0 Å². The van der Waals surface area contributed by atoms with E-state index in [0.717, 1.165) is 5.69 Å². The van der Waals surface area contributed by atoms with Crippen molar-refractivity contribution in [2.75, 3.05) is 0 Å². The molecule has 0 radical (unpaired) electrons. The normalized spacial score (nSPS) is 11.5. The Balaban J connectivity index is 1.52. The van der Waals surface area contributed by atoms with Crippen molar-refractivity contribution in [2.24, 2.45) is 0 Å². The molecule has 1 heterocycles. The molecule has 0 spiro atoms. The lowest BCUT2D eigenvalue weighted by molar-refractivity contribution is 1.10. The van der Waals surface area contributed by atoms with Crippen LogP contribution in [0.25, 0.3) is 72.0 Å². The average Bonchev–Trinajstić information content (AvgIpc) is 3.57. The van der Waals surface area contributed by atoms with Crippen LogP contribution in [0.2, 0.25) is 0 Å². The van der Waals surface area contributed by atoms with Crippen LogP contribution in [0.15, 0.2) is 140 Å². The van der Waals surface area contributed by atoms with Crippen LogP contribution in [0, 0.1) is 41.5 Å². The zero-order valence-electron chi connectivity index (χ0n) is 29.2. The molecule has 0 fully saturated rings. The van der Waals surface area contributed by atoms with E-state index in [1.165, 1.54) is 99.7 Å². The highest BCUT2D eigenvalue weighted by molar-refractivity contribution is 6.21. The number of aryl methyl sites for hydroxylation is 4. The fourth-order valence-electron chi connectivity index (χ4n) is 7.67. The summed E-state index contributed by atoms with van der Waals surface area (Å²) in [4.78, 5) is 0. The van der Waals surface area contributed by atoms with Crippen LogP contribution in [0.3, 0.4) is 0 Å². The zero-order chi connectivity index (χ0) is 33.8. The summed E-state index contributed by atoms with van der Waals surface area (Å²) in [5, 5.41) is 5.09. The molecule has 0 saturated carbocycles. The lowest BCUT2D eigenvalue weighted by atomic mass is 9.83. The van der Waals surface area contributed by atoms with E-state index >= 15 is 0 Å². The van der Waals surface area contributed by atoms with Gasteiger partial charge in [0.2, 0.25) is 0 Å². The van der Waals surface area contributed by atoms with E-state index in [-0.39, 0.29) is 0 Å².